The smallest absolute Gasteiger partial charge is 0.319 e. The molecule has 1 atom stereocenters. The van der Waals surface area contributed by atoms with Crippen LogP contribution in [0.2, 0.25) is 0 Å². The van der Waals surface area contributed by atoms with Gasteiger partial charge in [0, 0.05) is 10.0 Å². The van der Waals surface area contributed by atoms with Crippen LogP contribution in [0.1, 0.15) is 18.1 Å². The Labute approximate surface area is 145 Å². The molecular weight excluding hydrogens is 382 g/mol. The van der Waals surface area contributed by atoms with E-state index in [1.807, 2.05) is 6.07 Å². The van der Waals surface area contributed by atoms with Gasteiger partial charge in [0.25, 0.3) is 5.91 Å². The molecule has 1 N–H and O–H groups in total. The van der Waals surface area contributed by atoms with Crippen LogP contribution in [-0.2, 0) is 16.9 Å². The van der Waals surface area contributed by atoms with Crippen molar-refractivity contribution in [3.05, 3.63) is 69.7 Å². The minimum absolute atomic E-state index is 0.0264. The molecule has 1 saturated heterocycles. The summed E-state index contributed by atoms with van der Waals surface area (Å²) in [6.45, 7) is 1.39. The highest BCUT2D eigenvalue weighted by molar-refractivity contribution is 9.10. The number of amides is 3. The molecule has 1 unspecified atom stereocenters. The molecule has 0 saturated carbocycles. The number of carbonyl (C=O) groups is 2. The van der Waals surface area contributed by atoms with Gasteiger partial charge in [-0.15, -0.1) is 0 Å². The maximum absolute atomic E-state index is 14.1. The fourth-order valence-electron chi connectivity index (χ4n) is 2.70. The van der Waals surface area contributed by atoms with E-state index in [-0.39, 0.29) is 12.1 Å². The summed E-state index contributed by atoms with van der Waals surface area (Å²) in [7, 11) is 0. The lowest BCUT2D eigenvalue weighted by Gasteiger charge is -2.23. The number of imide groups is 1. The van der Waals surface area contributed by atoms with E-state index in [0.717, 1.165) is 33.1 Å². The molecule has 3 rings (SSSR count). The third-order valence-corrected chi connectivity index (χ3v) is 4.80. The van der Waals surface area contributed by atoms with Gasteiger partial charge >= 0.3 is 6.03 Å². The topological polar surface area (TPSA) is 49.4 Å². The summed E-state index contributed by atoms with van der Waals surface area (Å²) < 4.78 is 28.3. The zero-order valence-corrected chi connectivity index (χ0v) is 14.2. The Balaban J connectivity index is 1.96. The van der Waals surface area contributed by atoms with Crippen molar-refractivity contribution >= 4 is 27.9 Å². The van der Waals surface area contributed by atoms with E-state index in [2.05, 4.69) is 21.2 Å². The molecule has 1 aliphatic heterocycles. The third kappa shape index (κ3) is 2.69. The van der Waals surface area contributed by atoms with Gasteiger partial charge in [-0.05, 0) is 36.8 Å². The van der Waals surface area contributed by atoms with Crippen molar-refractivity contribution in [1.82, 2.24) is 10.2 Å². The highest BCUT2D eigenvalue weighted by Crippen LogP contribution is 2.32. The summed E-state index contributed by atoms with van der Waals surface area (Å²) in [6.07, 6.45) is 0. The van der Waals surface area contributed by atoms with Crippen molar-refractivity contribution in [1.29, 1.82) is 0 Å². The lowest BCUT2D eigenvalue weighted by molar-refractivity contribution is -0.131. The quantitative estimate of drug-likeness (QED) is 0.806. The van der Waals surface area contributed by atoms with E-state index < -0.39 is 29.1 Å². The fraction of sp³-hybridized carbons (Fsp3) is 0.176. The Kier molecular flexibility index (Phi) is 4.13. The molecular formula is C17H13BrF2N2O2. The second-order valence-corrected chi connectivity index (χ2v) is 6.52. The van der Waals surface area contributed by atoms with Crippen molar-refractivity contribution in [3.63, 3.8) is 0 Å². The summed E-state index contributed by atoms with van der Waals surface area (Å²) in [5, 5.41) is 2.47. The molecule has 2 aromatic carbocycles. The van der Waals surface area contributed by atoms with E-state index in [4.69, 9.17) is 0 Å². The second-order valence-electron chi connectivity index (χ2n) is 5.66. The maximum atomic E-state index is 14.1. The Hall–Kier alpha value is -2.28. The molecule has 0 aromatic heterocycles. The average molecular weight is 395 g/mol. The van der Waals surface area contributed by atoms with Crippen LogP contribution in [0.15, 0.2) is 46.9 Å². The lowest BCUT2D eigenvalue weighted by Crippen LogP contribution is -2.41. The van der Waals surface area contributed by atoms with Gasteiger partial charge in [0.1, 0.15) is 17.2 Å². The first-order valence-electron chi connectivity index (χ1n) is 7.16. The SMILES string of the molecule is CC1(c2cc(F)ccc2F)NC(=O)N(Cc2ccccc2Br)C1=O. The predicted molar refractivity (Wildman–Crippen MR) is 86.9 cm³/mol. The number of carbonyl (C=O) groups excluding carboxylic acids is 2. The van der Waals surface area contributed by atoms with Crippen molar-refractivity contribution in [2.45, 2.75) is 19.0 Å². The summed E-state index contributed by atoms with van der Waals surface area (Å²) in [5.41, 5.74) is -1.12. The molecule has 1 aliphatic rings. The first-order valence-corrected chi connectivity index (χ1v) is 7.95. The van der Waals surface area contributed by atoms with Gasteiger partial charge in [-0.1, -0.05) is 34.1 Å². The number of hydrogen-bond donors (Lipinski definition) is 1. The minimum Gasteiger partial charge on any atom is -0.319 e. The van der Waals surface area contributed by atoms with E-state index >= 15 is 0 Å². The molecule has 0 aliphatic carbocycles. The molecule has 124 valence electrons. The number of benzene rings is 2. The Bertz CT molecular complexity index is 843. The zero-order valence-electron chi connectivity index (χ0n) is 12.6. The molecule has 24 heavy (non-hydrogen) atoms. The van der Waals surface area contributed by atoms with Crippen LogP contribution in [0.3, 0.4) is 0 Å². The normalized spacial score (nSPS) is 20.4. The number of halogens is 3. The predicted octanol–water partition coefficient (Wildman–Crippen LogP) is 3.69. The van der Waals surface area contributed by atoms with Crippen LogP contribution in [0.5, 0.6) is 0 Å². The largest absolute Gasteiger partial charge is 0.325 e. The minimum atomic E-state index is -1.65. The van der Waals surface area contributed by atoms with Crippen molar-refractivity contribution in [2.75, 3.05) is 0 Å². The molecule has 0 spiro atoms. The summed E-state index contributed by atoms with van der Waals surface area (Å²) >= 11 is 3.36. The standard InChI is InChI=1S/C17H13BrF2N2O2/c1-17(12-8-11(19)6-7-14(12)20)15(23)22(16(24)21-17)9-10-4-2-3-5-13(10)18/h2-8H,9H2,1H3,(H,21,24). The van der Waals surface area contributed by atoms with Gasteiger partial charge in [0.15, 0.2) is 0 Å². The number of rotatable bonds is 3. The van der Waals surface area contributed by atoms with Gasteiger partial charge < -0.3 is 5.32 Å². The summed E-state index contributed by atoms with van der Waals surface area (Å²) in [5.74, 6) is -2.07. The van der Waals surface area contributed by atoms with Crippen LogP contribution in [0, 0.1) is 11.6 Å². The molecule has 2 aromatic rings. The number of nitrogens with zero attached hydrogens (tertiary/aromatic N) is 1. The van der Waals surface area contributed by atoms with Crippen molar-refractivity contribution in [3.8, 4) is 0 Å². The van der Waals surface area contributed by atoms with E-state index in [9.17, 15) is 18.4 Å². The summed E-state index contributed by atoms with van der Waals surface area (Å²) in [6, 6.07) is 9.32. The molecule has 1 fully saturated rings. The number of hydrogen-bond acceptors (Lipinski definition) is 2. The van der Waals surface area contributed by atoms with E-state index in [0.29, 0.717) is 0 Å². The number of nitrogens with one attached hydrogen (secondary N) is 1. The third-order valence-electron chi connectivity index (χ3n) is 4.03. The molecule has 0 radical (unpaired) electrons. The van der Waals surface area contributed by atoms with Crippen molar-refractivity contribution in [2.24, 2.45) is 0 Å². The summed E-state index contributed by atoms with van der Waals surface area (Å²) in [4.78, 5) is 26.0. The average Bonchev–Trinajstić information content (AvgIpc) is 2.76. The monoisotopic (exact) mass is 394 g/mol. The fourth-order valence-corrected chi connectivity index (χ4v) is 3.11. The van der Waals surface area contributed by atoms with Crippen LogP contribution in [0.25, 0.3) is 0 Å². The van der Waals surface area contributed by atoms with Gasteiger partial charge in [-0.2, -0.15) is 0 Å². The molecule has 1 heterocycles. The first kappa shape index (κ1) is 16.6. The number of urea groups is 1. The highest BCUT2D eigenvalue weighted by atomic mass is 79.9. The zero-order chi connectivity index (χ0) is 17.5. The van der Waals surface area contributed by atoms with Crippen molar-refractivity contribution < 1.29 is 18.4 Å². The Morgan fingerprint density at radius 1 is 1.17 bits per heavy atom. The van der Waals surface area contributed by atoms with E-state index in [1.165, 1.54) is 6.92 Å². The molecule has 0 bridgehead atoms. The highest BCUT2D eigenvalue weighted by Gasteiger charge is 2.50. The lowest BCUT2D eigenvalue weighted by atomic mass is 9.91. The molecule has 7 heteroatoms. The first-order chi connectivity index (χ1) is 11.3. The maximum Gasteiger partial charge on any atom is 0.325 e. The molecule has 4 nitrogen and oxygen atoms in total. The van der Waals surface area contributed by atoms with Gasteiger partial charge in [0.05, 0.1) is 6.54 Å². The van der Waals surface area contributed by atoms with Gasteiger partial charge in [-0.25, -0.2) is 13.6 Å². The van der Waals surface area contributed by atoms with Crippen LogP contribution in [0.4, 0.5) is 13.6 Å². The van der Waals surface area contributed by atoms with Gasteiger partial charge in [-0.3, -0.25) is 9.69 Å². The Morgan fingerprint density at radius 3 is 2.58 bits per heavy atom. The van der Waals surface area contributed by atoms with Crippen LogP contribution < -0.4 is 5.32 Å². The van der Waals surface area contributed by atoms with Gasteiger partial charge in [0.2, 0.25) is 0 Å². The Morgan fingerprint density at radius 2 is 1.88 bits per heavy atom. The van der Waals surface area contributed by atoms with E-state index in [1.54, 1.807) is 18.2 Å². The second kappa shape index (κ2) is 5.98. The molecule has 3 amide bonds. The van der Waals surface area contributed by atoms with Crippen LogP contribution >= 0.6 is 15.9 Å². The van der Waals surface area contributed by atoms with Crippen LogP contribution in [-0.4, -0.2) is 16.8 Å².